The molecule has 0 aliphatic carbocycles. The molecule has 0 spiro atoms. The van der Waals surface area contributed by atoms with Crippen molar-refractivity contribution in [2.24, 2.45) is 0 Å². The summed E-state index contributed by atoms with van der Waals surface area (Å²) in [5, 5.41) is 3.60. The van der Waals surface area contributed by atoms with E-state index in [0.717, 1.165) is 71.9 Å². The lowest BCUT2D eigenvalue weighted by Crippen LogP contribution is -2.08. The fraction of sp³-hybridized carbons (Fsp3) is 0.0147. The smallest absolute Gasteiger partial charge is 0.308 e. The van der Waals surface area contributed by atoms with Gasteiger partial charge >= 0.3 is 6.18 Å². The summed E-state index contributed by atoms with van der Waals surface area (Å²) < 4.78 is 49.8. The quantitative estimate of drug-likeness (QED) is 0.134. The second-order valence-corrected chi connectivity index (χ2v) is 19.3. The van der Waals surface area contributed by atoms with Crippen molar-refractivity contribution in [1.82, 2.24) is 39.0 Å². The minimum atomic E-state index is -4.72. The molecule has 4 heterocycles. The Morgan fingerprint density at radius 1 is 0.312 bits per heavy atom. The average molecular weight is 1040 g/mol. The molecular formula is C68H40F3N9. The van der Waals surface area contributed by atoms with Crippen LogP contribution >= 0.6 is 0 Å². The molecular weight excluding hydrogens is 1000 g/mol. The number of hydrogen-bond donors (Lipinski definition) is 0. The van der Waals surface area contributed by atoms with Gasteiger partial charge in [0.25, 0.3) is 0 Å². The number of fused-ring (bicyclic) bond motifs is 6. The van der Waals surface area contributed by atoms with Crippen LogP contribution in [0.1, 0.15) is 5.56 Å². The maximum atomic E-state index is 15.2. The predicted octanol–water partition coefficient (Wildman–Crippen LogP) is 17.5. The SMILES string of the molecule is [C-]#[N+]c1cc(-n2c3ccccc3c3ccc(-c4nc(-c5ccccc5)nc(-c5ccccc5)n4)cc32)c(-n2c3ccccc3c3ccc(-c4nc(-c5ccccc5)nc(-c5ccccc5)n4)cc32)cc1-c1ccccc1C(F)(F)F. The van der Waals surface area contributed by atoms with Gasteiger partial charge in [-0.25, -0.2) is 34.7 Å². The molecule has 9 nitrogen and oxygen atoms in total. The van der Waals surface area contributed by atoms with E-state index in [4.69, 9.17) is 36.5 Å². The summed E-state index contributed by atoms with van der Waals surface area (Å²) in [6.07, 6.45) is -4.72. The summed E-state index contributed by atoms with van der Waals surface area (Å²) in [4.78, 5) is 34.3. The summed E-state index contributed by atoms with van der Waals surface area (Å²) in [6.45, 7) is 8.71. The summed E-state index contributed by atoms with van der Waals surface area (Å²) in [6, 6.07) is 76.1. The number of benzene rings is 10. The predicted molar refractivity (Wildman–Crippen MR) is 311 cm³/mol. The largest absolute Gasteiger partial charge is 0.416 e. The van der Waals surface area contributed by atoms with E-state index in [1.807, 2.05) is 194 Å². The Morgan fingerprint density at radius 2 is 0.650 bits per heavy atom. The van der Waals surface area contributed by atoms with Gasteiger partial charge in [-0.3, -0.25) is 0 Å². The highest BCUT2D eigenvalue weighted by atomic mass is 19.4. The number of halogens is 3. The van der Waals surface area contributed by atoms with Crippen LogP contribution in [0.3, 0.4) is 0 Å². The first-order valence-electron chi connectivity index (χ1n) is 25.8. The molecule has 0 saturated heterocycles. The number of rotatable bonds is 9. The van der Waals surface area contributed by atoms with Crippen LogP contribution in [0.25, 0.3) is 139 Å². The average Bonchev–Trinajstić information content (AvgIpc) is 4.00. The molecule has 0 saturated carbocycles. The van der Waals surface area contributed by atoms with Crippen LogP contribution in [-0.4, -0.2) is 39.0 Å². The van der Waals surface area contributed by atoms with Gasteiger partial charge in [-0.15, -0.1) is 0 Å². The molecule has 0 aliphatic heterocycles. The van der Waals surface area contributed by atoms with E-state index in [0.29, 0.717) is 57.4 Å². The second-order valence-electron chi connectivity index (χ2n) is 19.3. The van der Waals surface area contributed by atoms with Crippen LogP contribution in [0.4, 0.5) is 18.9 Å². The lowest BCUT2D eigenvalue weighted by Gasteiger charge is -2.21. The summed E-state index contributed by atoms with van der Waals surface area (Å²) >= 11 is 0. The number of nitrogens with zero attached hydrogens (tertiary/aromatic N) is 9. The van der Waals surface area contributed by atoms with Crippen molar-refractivity contribution in [1.29, 1.82) is 0 Å². The molecule has 378 valence electrons. The topological polar surface area (TPSA) is 91.6 Å². The molecule has 14 rings (SSSR count). The molecule has 0 aliphatic rings. The molecule has 0 atom stereocenters. The molecule has 0 radical (unpaired) electrons. The maximum absolute atomic E-state index is 15.2. The summed E-state index contributed by atoms with van der Waals surface area (Å²) in [7, 11) is 0. The summed E-state index contributed by atoms with van der Waals surface area (Å²) in [5.41, 5.74) is 7.99. The molecule has 0 unspecified atom stereocenters. The third-order valence-corrected chi connectivity index (χ3v) is 14.5. The minimum absolute atomic E-state index is 0.0357. The van der Waals surface area contributed by atoms with E-state index in [-0.39, 0.29) is 16.8 Å². The molecule has 4 aromatic heterocycles. The molecule has 80 heavy (non-hydrogen) atoms. The van der Waals surface area contributed by atoms with Crippen molar-refractivity contribution in [3.05, 3.63) is 260 Å². The van der Waals surface area contributed by atoms with Crippen LogP contribution in [0, 0.1) is 6.57 Å². The number of para-hydroxylation sites is 2. The van der Waals surface area contributed by atoms with Crippen LogP contribution in [-0.2, 0) is 6.18 Å². The zero-order valence-electron chi connectivity index (χ0n) is 42.3. The molecule has 10 aromatic carbocycles. The van der Waals surface area contributed by atoms with Gasteiger partial charge in [-0.2, -0.15) is 13.2 Å². The normalized spacial score (nSPS) is 11.7. The van der Waals surface area contributed by atoms with E-state index in [1.54, 1.807) is 18.2 Å². The van der Waals surface area contributed by atoms with Crippen molar-refractivity contribution in [2.45, 2.75) is 6.18 Å². The molecule has 0 bridgehead atoms. The van der Waals surface area contributed by atoms with Gasteiger partial charge in [0.1, 0.15) is 0 Å². The van der Waals surface area contributed by atoms with Crippen LogP contribution in [0.15, 0.2) is 243 Å². The van der Waals surface area contributed by atoms with Gasteiger partial charge in [0.05, 0.1) is 45.6 Å². The van der Waals surface area contributed by atoms with Crippen molar-refractivity contribution >= 4 is 49.3 Å². The van der Waals surface area contributed by atoms with Gasteiger partial charge in [-0.1, -0.05) is 200 Å². The van der Waals surface area contributed by atoms with E-state index in [1.165, 1.54) is 12.1 Å². The van der Waals surface area contributed by atoms with E-state index >= 15 is 13.2 Å². The van der Waals surface area contributed by atoms with Crippen LogP contribution < -0.4 is 0 Å². The van der Waals surface area contributed by atoms with Crippen molar-refractivity contribution in [3.63, 3.8) is 0 Å². The van der Waals surface area contributed by atoms with Gasteiger partial charge in [-0.05, 0) is 53.6 Å². The Bertz CT molecular complexity index is 4650. The first-order valence-corrected chi connectivity index (χ1v) is 25.8. The molecule has 12 heteroatoms. The number of hydrogen-bond acceptors (Lipinski definition) is 6. The molecule has 14 aromatic rings. The Kier molecular flexibility index (Phi) is 11.5. The van der Waals surface area contributed by atoms with Gasteiger partial charge in [0, 0.05) is 54.9 Å². The highest BCUT2D eigenvalue weighted by molar-refractivity contribution is 6.13. The van der Waals surface area contributed by atoms with Gasteiger partial charge in [0.2, 0.25) is 0 Å². The third-order valence-electron chi connectivity index (χ3n) is 14.5. The monoisotopic (exact) mass is 1040 g/mol. The van der Waals surface area contributed by atoms with E-state index in [2.05, 4.69) is 26.1 Å². The fourth-order valence-electron chi connectivity index (χ4n) is 10.8. The third kappa shape index (κ3) is 8.29. The zero-order chi connectivity index (χ0) is 53.9. The maximum Gasteiger partial charge on any atom is 0.416 e. The van der Waals surface area contributed by atoms with Crippen molar-refractivity contribution in [2.75, 3.05) is 0 Å². The second kappa shape index (κ2) is 19.3. The Morgan fingerprint density at radius 3 is 1.05 bits per heavy atom. The fourth-order valence-corrected chi connectivity index (χ4v) is 10.8. The molecule has 0 N–H and O–H groups in total. The zero-order valence-corrected chi connectivity index (χ0v) is 42.3. The highest BCUT2D eigenvalue weighted by Crippen LogP contribution is 2.47. The van der Waals surface area contributed by atoms with Crippen molar-refractivity contribution < 1.29 is 13.2 Å². The van der Waals surface area contributed by atoms with Gasteiger partial charge < -0.3 is 9.13 Å². The van der Waals surface area contributed by atoms with Crippen LogP contribution in [0.5, 0.6) is 0 Å². The number of alkyl halides is 3. The number of aromatic nitrogens is 8. The Labute approximate surface area is 456 Å². The van der Waals surface area contributed by atoms with Gasteiger partial charge in [0.15, 0.2) is 40.6 Å². The molecule has 0 fully saturated rings. The Hall–Kier alpha value is -10.9. The van der Waals surface area contributed by atoms with E-state index in [9.17, 15) is 0 Å². The van der Waals surface area contributed by atoms with Crippen molar-refractivity contribution in [3.8, 4) is 90.8 Å². The molecule has 0 amide bonds. The summed E-state index contributed by atoms with van der Waals surface area (Å²) in [5.74, 6) is 2.87. The highest BCUT2D eigenvalue weighted by Gasteiger charge is 2.34. The van der Waals surface area contributed by atoms with Crippen LogP contribution in [0.2, 0.25) is 0 Å². The minimum Gasteiger partial charge on any atom is -0.308 e. The Balaban J connectivity index is 1.07. The lowest BCUT2D eigenvalue weighted by atomic mass is 9.96. The first kappa shape index (κ1) is 47.5. The van der Waals surface area contributed by atoms with E-state index < -0.39 is 11.7 Å². The lowest BCUT2D eigenvalue weighted by molar-refractivity contribution is -0.137. The first-order chi connectivity index (χ1) is 39.3. The standard InChI is InChI=1S/C68H40F3N9/c1-72-55-41-61(80-57-33-19-16-30-50(57)52-37-35-47(39-59(52)80)67-77-64(44-24-10-4-11-25-44)74-65(78-67)45-26-12-5-13-27-45)60(40-53(55)48-28-14-17-31-54(48)68(69,70)71)79-56-32-18-15-29-49(56)51-36-34-46(38-58(51)79)66-75-62(42-20-6-2-7-21-42)73-63(76-66)43-22-8-3-9-23-43/h2-41H.